The van der Waals surface area contributed by atoms with E-state index in [1.807, 2.05) is 30.3 Å². The molecule has 2 rings (SSSR count). The lowest BCUT2D eigenvalue weighted by molar-refractivity contribution is -0.141. The van der Waals surface area contributed by atoms with Crippen LogP contribution >= 0.6 is 0 Å². The minimum Gasteiger partial charge on any atom is -0.450 e. The van der Waals surface area contributed by atoms with E-state index in [1.54, 1.807) is 13.8 Å². The first kappa shape index (κ1) is 22.8. The van der Waals surface area contributed by atoms with Gasteiger partial charge in [-0.25, -0.2) is 4.79 Å². The molecule has 0 saturated heterocycles. The summed E-state index contributed by atoms with van der Waals surface area (Å²) in [5.74, 6) is -1.11. The highest BCUT2D eigenvalue weighted by Crippen LogP contribution is 2.21. The average molecular weight is 406 g/mol. The van der Waals surface area contributed by atoms with E-state index < -0.39 is 17.9 Å². The van der Waals surface area contributed by atoms with Crippen LogP contribution in [-0.4, -0.2) is 28.6 Å². The van der Waals surface area contributed by atoms with Crippen molar-refractivity contribution < 1.29 is 19.1 Å². The third-order valence-corrected chi connectivity index (χ3v) is 4.94. The lowest BCUT2D eigenvalue weighted by Gasteiger charge is -2.12. The number of aryl methyl sites for hydroxylation is 1. The van der Waals surface area contributed by atoms with Gasteiger partial charge in [-0.3, -0.25) is 9.59 Å². The number of esters is 1. The number of aromatic amines is 1. The normalized spacial score (nSPS) is 12.4. The summed E-state index contributed by atoms with van der Waals surface area (Å²) in [6, 6.07) is 9.35. The Morgan fingerprint density at radius 3 is 2.17 bits per heavy atom. The molecule has 1 aromatic carbocycles. The van der Waals surface area contributed by atoms with Crippen molar-refractivity contribution in [3.8, 4) is 6.07 Å². The van der Waals surface area contributed by atoms with Crippen LogP contribution in [0.15, 0.2) is 29.8 Å². The first-order valence-corrected chi connectivity index (χ1v) is 9.73. The van der Waals surface area contributed by atoms with Crippen molar-refractivity contribution in [1.29, 1.82) is 5.26 Å². The van der Waals surface area contributed by atoms with Crippen molar-refractivity contribution in [3.63, 3.8) is 0 Å². The summed E-state index contributed by atoms with van der Waals surface area (Å²) >= 11 is 0. The van der Waals surface area contributed by atoms with Crippen molar-refractivity contribution in [3.05, 3.63) is 63.5 Å². The number of hydrogen-bond donors (Lipinski definition) is 1. The maximum absolute atomic E-state index is 12.7. The fraction of sp³-hybridized carbons (Fsp3) is 0.333. The minimum atomic E-state index is -1.12. The Kier molecular flexibility index (Phi) is 7.12. The van der Waals surface area contributed by atoms with Gasteiger partial charge in [-0.1, -0.05) is 38.1 Å². The van der Waals surface area contributed by atoms with E-state index in [0.29, 0.717) is 28.3 Å². The molecule has 156 valence electrons. The number of rotatable bonds is 7. The lowest BCUT2D eigenvalue weighted by atomic mass is 10.0. The summed E-state index contributed by atoms with van der Waals surface area (Å²) in [5, 5.41) is 9.37. The van der Waals surface area contributed by atoms with Gasteiger partial charge in [0, 0.05) is 11.3 Å². The van der Waals surface area contributed by atoms with Crippen LogP contribution in [0.5, 0.6) is 0 Å². The van der Waals surface area contributed by atoms with Crippen molar-refractivity contribution in [1.82, 2.24) is 4.98 Å². The lowest BCUT2D eigenvalue weighted by Crippen LogP contribution is -2.26. The summed E-state index contributed by atoms with van der Waals surface area (Å²) in [5.41, 5.74) is 3.43. The SMILES string of the molecule is CC(=O)c1c(C)[nH]c(C(=O)[C@@H](C)OC(=O)/C(C#N)=C/c2ccc(C(C)C)cc2)c1C. The molecule has 0 saturated carbocycles. The maximum Gasteiger partial charge on any atom is 0.349 e. The van der Waals surface area contributed by atoms with Crippen molar-refractivity contribution in [2.24, 2.45) is 0 Å². The maximum atomic E-state index is 12.7. The second-order valence-electron chi connectivity index (χ2n) is 7.58. The first-order valence-electron chi connectivity index (χ1n) is 9.73. The third-order valence-electron chi connectivity index (χ3n) is 4.94. The third kappa shape index (κ3) is 4.93. The molecule has 0 unspecified atom stereocenters. The number of hydrogen-bond acceptors (Lipinski definition) is 5. The number of ether oxygens (including phenoxy) is 1. The largest absolute Gasteiger partial charge is 0.450 e. The molecule has 1 aromatic heterocycles. The molecule has 2 aromatic rings. The topological polar surface area (TPSA) is 100 Å². The summed E-state index contributed by atoms with van der Waals surface area (Å²) in [7, 11) is 0. The van der Waals surface area contributed by atoms with Gasteiger partial charge in [-0.2, -0.15) is 5.26 Å². The molecular weight excluding hydrogens is 380 g/mol. The molecule has 1 atom stereocenters. The number of Topliss-reactive ketones (excluding diaryl/α,β-unsaturated/α-hetero) is 2. The van der Waals surface area contributed by atoms with E-state index in [2.05, 4.69) is 18.8 Å². The standard InChI is InChI=1S/C24H26N2O4/c1-13(2)19-9-7-18(8-10-19)11-20(12-25)24(29)30-17(6)23(28)22-14(3)21(16(5)27)15(4)26-22/h7-11,13,17,26H,1-6H3/b20-11+/t17-/m1/s1. The van der Waals surface area contributed by atoms with Gasteiger partial charge in [0.1, 0.15) is 11.6 Å². The van der Waals surface area contributed by atoms with Gasteiger partial charge in [0.05, 0.1) is 5.69 Å². The number of nitriles is 1. The number of H-pyrrole nitrogens is 1. The highest BCUT2D eigenvalue weighted by Gasteiger charge is 2.27. The van der Waals surface area contributed by atoms with Crippen LogP contribution in [-0.2, 0) is 9.53 Å². The summed E-state index contributed by atoms with van der Waals surface area (Å²) in [4.78, 5) is 39.8. The number of ketones is 2. The molecule has 6 heteroatoms. The zero-order chi connectivity index (χ0) is 22.6. The summed E-state index contributed by atoms with van der Waals surface area (Å²) < 4.78 is 5.23. The van der Waals surface area contributed by atoms with Crippen LogP contribution in [0.25, 0.3) is 6.08 Å². The second kappa shape index (κ2) is 9.36. The summed E-state index contributed by atoms with van der Waals surface area (Å²) in [6.07, 6.45) is 0.316. The van der Waals surface area contributed by atoms with E-state index in [1.165, 1.54) is 19.9 Å². The van der Waals surface area contributed by atoms with E-state index in [-0.39, 0.29) is 17.1 Å². The van der Waals surface area contributed by atoms with Crippen LogP contribution in [0.4, 0.5) is 0 Å². The predicted octanol–water partition coefficient (Wildman–Crippen LogP) is 4.68. The van der Waals surface area contributed by atoms with E-state index in [4.69, 9.17) is 4.74 Å². The zero-order valence-electron chi connectivity index (χ0n) is 18.1. The molecule has 0 aliphatic heterocycles. The van der Waals surface area contributed by atoms with Crippen LogP contribution in [0.2, 0.25) is 0 Å². The molecule has 1 heterocycles. The van der Waals surface area contributed by atoms with Crippen molar-refractivity contribution in [2.75, 3.05) is 0 Å². The summed E-state index contributed by atoms with van der Waals surface area (Å²) in [6.45, 7) is 10.4. The van der Waals surface area contributed by atoms with Crippen LogP contribution in [0.3, 0.4) is 0 Å². The highest BCUT2D eigenvalue weighted by molar-refractivity contribution is 6.06. The number of benzene rings is 1. The van der Waals surface area contributed by atoms with Gasteiger partial charge < -0.3 is 9.72 Å². The van der Waals surface area contributed by atoms with Gasteiger partial charge in [-0.15, -0.1) is 0 Å². The molecule has 0 bridgehead atoms. The number of carbonyl (C=O) groups excluding carboxylic acids is 3. The molecule has 0 aliphatic carbocycles. The molecule has 0 spiro atoms. The minimum absolute atomic E-state index is 0.150. The van der Waals surface area contributed by atoms with Crippen molar-refractivity contribution >= 4 is 23.6 Å². The van der Waals surface area contributed by atoms with Gasteiger partial charge in [0.2, 0.25) is 5.78 Å². The first-order chi connectivity index (χ1) is 14.1. The number of nitrogens with one attached hydrogen (secondary N) is 1. The van der Waals surface area contributed by atoms with Gasteiger partial charge in [0.15, 0.2) is 11.9 Å². The molecule has 1 N–H and O–H groups in total. The second-order valence-corrected chi connectivity index (χ2v) is 7.58. The van der Waals surface area contributed by atoms with Crippen molar-refractivity contribution in [2.45, 2.75) is 53.6 Å². The quantitative estimate of drug-likeness (QED) is 0.311. The van der Waals surface area contributed by atoms with Gasteiger partial charge >= 0.3 is 5.97 Å². The van der Waals surface area contributed by atoms with E-state index in [9.17, 15) is 19.6 Å². The Labute approximate surface area is 176 Å². The highest BCUT2D eigenvalue weighted by atomic mass is 16.5. The Bertz CT molecular complexity index is 1050. The Morgan fingerprint density at radius 1 is 1.10 bits per heavy atom. The smallest absolute Gasteiger partial charge is 0.349 e. The fourth-order valence-corrected chi connectivity index (χ4v) is 3.29. The van der Waals surface area contributed by atoms with E-state index >= 15 is 0 Å². The molecular formula is C24H26N2O4. The van der Waals surface area contributed by atoms with Crippen LogP contribution in [0.1, 0.15) is 76.8 Å². The number of aromatic nitrogens is 1. The molecule has 0 aliphatic rings. The molecule has 6 nitrogen and oxygen atoms in total. The Balaban J connectivity index is 2.19. The van der Waals surface area contributed by atoms with Crippen LogP contribution in [0, 0.1) is 25.2 Å². The number of carbonyl (C=O) groups is 3. The zero-order valence-corrected chi connectivity index (χ0v) is 18.1. The molecule has 0 radical (unpaired) electrons. The van der Waals surface area contributed by atoms with Crippen LogP contribution < -0.4 is 0 Å². The molecule has 30 heavy (non-hydrogen) atoms. The molecule has 0 amide bonds. The number of nitrogens with zero attached hydrogens (tertiary/aromatic N) is 1. The van der Waals surface area contributed by atoms with Gasteiger partial charge in [0.25, 0.3) is 0 Å². The van der Waals surface area contributed by atoms with E-state index in [0.717, 1.165) is 5.56 Å². The Morgan fingerprint density at radius 2 is 1.70 bits per heavy atom. The monoisotopic (exact) mass is 406 g/mol. The molecule has 0 fully saturated rings. The van der Waals surface area contributed by atoms with Gasteiger partial charge in [-0.05, 0) is 56.4 Å². The average Bonchev–Trinajstić information content (AvgIpc) is 2.99. The Hall–Kier alpha value is -3.46. The predicted molar refractivity (Wildman–Crippen MR) is 114 cm³/mol. The fourth-order valence-electron chi connectivity index (χ4n) is 3.29.